The third kappa shape index (κ3) is 4.14. The molecule has 0 fully saturated rings. The molecule has 1 aromatic rings. The first kappa shape index (κ1) is 10.1. The Bertz CT molecular complexity index is 184. The molecule has 68 valence electrons. The lowest BCUT2D eigenvalue weighted by molar-refractivity contribution is 0.296. The van der Waals surface area contributed by atoms with Crippen molar-refractivity contribution >= 4 is 23.1 Å². The third-order valence-electron chi connectivity index (χ3n) is 1.56. The van der Waals surface area contributed by atoms with Gasteiger partial charge in [-0.2, -0.15) is 23.1 Å². The Hall–Kier alpha value is 0.01000. The minimum atomic E-state index is 0.325. The van der Waals surface area contributed by atoms with Crippen molar-refractivity contribution in [3.05, 3.63) is 22.4 Å². The number of hydrogen-bond donors (Lipinski definition) is 1. The van der Waals surface area contributed by atoms with Gasteiger partial charge in [-0.1, -0.05) is 0 Å². The highest BCUT2D eigenvalue weighted by molar-refractivity contribution is 7.99. The van der Waals surface area contributed by atoms with Crippen LogP contribution in [0.25, 0.3) is 0 Å². The molecule has 3 heteroatoms. The highest BCUT2D eigenvalue weighted by Crippen LogP contribution is 2.10. The predicted octanol–water partition coefficient (Wildman–Crippen LogP) is 2.41. The molecular weight excluding hydrogens is 188 g/mol. The van der Waals surface area contributed by atoms with Crippen LogP contribution in [0.4, 0.5) is 0 Å². The predicted molar refractivity (Wildman–Crippen MR) is 57.1 cm³/mol. The van der Waals surface area contributed by atoms with Gasteiger partial charge >= 0.3 is 0 Å². The molecule has 1 N–H and O–H groups in total. The molecule has 1 nitrogen and oxygen atoms in total. The largest absolute Gasteiger partial charge is 0.396 e. The molecule has 0 aromatic carbocycles. The summed E-state index contributed by atoms with van der Waals surface area (Å²) in [5.74, 6) is 2.26. The Labute approximate surface area is 81.8 Å². The van der Waals surface area contributed by atoms with E-state index in [0.717, 1.165) is 12.2 Å². The average molecular weight is 202 g/mol. The molecule has 0 spiro atoms. The van der Waals surface area contributed by atoms with E-state index in [4.69, 9.17) is 5.11 Å². The van der Waals surface area contributed by atoms with E-state index in [1.807, 2.05) is 11.8 Å². The fourth-order valence-corrected chi connectivity index (χ4v) is 2.51. The zero-order valence-electron chi connectivity index (χ0n) is 7.03. The number of thiophene rings is 1. The normalized spacial score (nSPS) is 10.4. The van der Waals surface area contributed by atoms with E-state index in [1.54, 1.807) is 11.3 Å². The first-order valence-electron chi connectivity index (χ1n) is 4.13. The second kappa shape index (κ2) is 6.52. The molecule has 0 amide bonds. The Kier molecular flexibility index (Phi) is 5.48. The van der Waals surface area contributed by atoms with Crippen LogP contribution in [0.15, 0.2) is 16.8 Å². The van der Waals surface area contributed by atoms with Crippen LogP contribution in [-0.4, -0.2) is 23.2 Å². The maximum Gasteiger partial charge on any atom is 0.0438 e. The summed E-state index contributed by atoms with van der Waals surface area (Å²) in [7, 11) is 0. The van der Waals surface area contributed by atoms with Gasteiger partial charge in [0.15, 0.2) is 0 Å². The Morgan fingerprint density at radius 3 is 3.00 bits per heavy atom. The van der Waals surface area contributed by atoms with Crippen molar-refractivity contribution in [3.8, 4) is 0 Å². The zero-order chi connectivity index (χ0) is 8.65. The van der Waals surface area contributed by atoms with Crippen LogP contribution in [0, 0.1) is 0 Å². The number of aliphatic hydroxyl groups is 1. The summed E-state index contributed by atoms with van der Waals surface area (Å²) < 4.78 is 0. The van der Waals surface area contributed by atoms with Gasteiger partial charge < -0.3 is 5.11 Å². The number of rotatable bonds is 6. The summed E-state index contributed by atoms with van der Waals surface area (Å²) in [5, 5.41) is 12.9. The van der Waals surface area contributed by atoms with Crippen LogP contribution in [0.3, 0.4) is 0 Å². The lowest BCUT2D eigenvalue weighted by atomic mass is 10.3. The summed E-state index contributed by atoms with van der Waals surface area (Å²) >= 11 is 3.68. The molecule has 1 aromatic heterocycles. The standard InChI is InChI=1S/C9H14OS2/c10-4-1-5-11-6-2-9-3-7-12-8-9/h3,7-8,10H,1-2,4-6H2. The molecule has 0 aliphatic carbocycles. The second-order valence-corrected chi connectivity index (χ2v) is 4.58. The lowest BCUT2D eigenvalue weighted by Crippen LogP contribution is -1.90. The Balaban J connectivity index is 1.96. The Morgan fingerprint density at radius 2 is 2.33 bits per heavy atom. The zero-order valence-corrected chi connectivity index (χ0v) is 8.66. The van der Waals surface area contributed by atoms with Crippen molar-refractivity contribution in [3.63, 3.8) is 0 Å². The second-order valence-electron chi connectivity index (χ2n) is 2.57. The summed E-state index contributed by atoms with van der Waals surface area (Å²) in [4.78, 5) is 0. The molecule has 0 saturated heterocycles. The van der Waals surface area contributed by atoms with Gasteiger partial charge in [0.05, 0.1) is 0 Å². The van der Waals surface area contributed by atoms with Crippen molar-refractivity contribution in [1.82, 2.24) is 0 Å². The van der Waals surface area contributed by atoms with Crippen molar-refractivity contribution in [2.75, 3.05) is 18.1 Å². The average Bonchev–Trinajstić information content (AvgIpc) is 2.57. The van der Waals surface area contributed by atoms with Gasteiger partial charge in [-0.15, -0.1) is 0 Å². The smallest absolute Gasteiger partial charge is 0.0438 e. The minimum Gasteiger partial charge on any atom is -0.396 e. The molecule has 1 heterocycles. The lowest BCUT2D eigenvalue weighted by Gasteiger charge is -1.97. The van der Waals surface area contributed by atoms with Crippen LogP contribution in [0.5, 0.6) is 0 Å². The quantitative estimate of drug-likeness (QED) is 0.715. The van der Waals surface area contributed by atoms with Crippen LogP contribution >= 0.6 is 23.1 Å². The van der Waals surface area contributed by atoms with Gasteiger partial charge in [0.2, 0.25) is 0 Å². The van der Waals surface area contributed by atoms with Crippen LogP contribution < -0.4 is 0 Å². The maximum absolute atomic E-state index is 8.54. The SMILES string of the molecule is OCCCSCCc1ccsc1. The van der Waals surface area contributed by atoms with Crippen LogP contribution in [0.2, 0.25) is 0 Å². The van der Waals surface area contributed by atoms with Gasteiger partial charge in [0.25, 0.3) is 0 Å². The molecule has 12 heavy (non-hydrogen) atoms. The first-order valence-corrected chi connectivity index (χ1v) is 6.23. The van der Waals surface area contributed by atoms with E-state index in [1.165, 1.54) is 17.7 Å². The summed E-state index contributed by atoms with van der Waals surface area (Å²) in [5.41, 5.74) is 1.44. The third-order valence-corrected chi connectivity index (χ3v) is 3.36. The molecular formula is C9H14OS2. The van der Waals surface area contributed by atoms with Crippen LogP contribution in [-0.2, 0) is 6.42 Å². The van der Waals surface area contributed by atoms with E-state index >= 15 is 0 Å². The van der Waals surface area contributed by atoms with Crippen molar-refractivity contribution < 1.29 is 5.11 Å². The first-order chi connectivity index (χ1) is 5.93. The van der Waals surface area contributed by atoms with E-state index in [9.17, 15) is 0 Å². The highest BCUT2D eigenvalue weighted by Gasteiger charge is 1.93. The number of thioether (sulfide) groups is 1. The monoisotopic (exact) mass is 202 g/mol. The molecule has 1 rings (SSSR count). The fraction of sp³-hybridized carbons (Fsp3) is 0.556. The minimum absolute atomic E-state index is 0.325. The molecule has 0 bridgehead atoms. The van der Waals surface area contributed by atoms with Crippen molar-refractivity contribution in [2.45, 2.75) is 12.8 Å². The molecule has 0 aliphatic rings. The van der Waals surface area contributed by atoms with Crippen molar-refractivity contribution in [1.29, 1.82) is 0 Å². The molecule has 0 aliphatic heterocycles. The topological polar surface area (TPSA) is 20.2 Å². The molecule has 0 atom stereocenters. The van der Waals surface area contributed by atoms with Gasteiger partial charge in [0, 0.05) is 6.61 Å². The summed E-state index contributed by atoms with van der Waals surface area (Å²) in [6.45, 7) is 0.325. The van der Waals surface area contributed by atoms with Crippen molar-refractivity contribution in [2.24, 2.45) is 0 Å². The van der Waals surface area contributed by atoms with E-state index in [-0.39, 0.29) is 0 Å². The molecule has 0 saturated carbocycles. The Morgan fingerprint density at radius 1 is 1.42 bits per heavy atom. The van der Waals surface area contributed by atoms with Crippen LogP contribution in [0.1, 0.15) is 12.0 Å². The molecule has 0 radical (unpaired) electrons. The number of aliphatic hydroxyl groups excluding tert-OH is 1. The number of hydrogen-bond acceptors (Lipinski definition) is 3. The maximum atomic E-state index is 8.54. The summed E-state index contributed by atoms with van der Waals surface area (Å²) in [6.07, 6.45) is 2.09. The van der Waals surface area contributed by atoms with Gasteiger partial charge in [0.1, 0.15) is 0 Å². The van der Waals surface area contributed by atoms with Gasteiger partial charge in [-0.05, 0) is 46.7 Å². The van der Waals surface area contributed by atoms with E-state index < -0.39 is 0 Å². The van der Waals surface area contributed by atoms with Gasteiger partial charge in [-0.25, -0.2) is 0 Å². The fourth-order valence-electron chi connectivity index (χ4n) is 0.894. The van der Waals surface area contributed by atoms with E-state index in [2.05, 4.69) is 16.8 Å². The van der Waals surface area contributed by atoms with E-state index in [0.29, 0.717) is 6.61 Å². The molecule has 0 unspecified atom stereocenters. The summed E-state index contributed by atoms with van der Waals surface area (Å²) in [6, 6.07) is 2.18. The number of aryl methyl sites for hydroxylation is 1. The highest BCUT2D eigenvalue weighted by atomic mass is 32.2. The van der Waals surface area contributed by atoms with Gasteiger partial charge in [-0.3, -0.25) is 0 Å².